The summed E-state index contributed by atoms with van der Waals surface area (Å²) in [5, 5.41) is 0. The van der Waals surface area contributed by atoms with Crippen LogP contribution in [0.1, 0.15) is 11.3 Å². The number of ether oxygens (including phenoxy) is 1. The summed E-state index contributed by atoms with van der Waals surface area (Å²) in [6.45, 7) is 2.50. The minimum absolute atomic E-state index is 0.123. The van der Waals surface area contributed by atoms with Crippen LogP contribution in [-0.4, -0.2) is 34.8 Å². The van der Waals surface area contributed by atoms with Crippen LogP contribution in [0.25, 0.3) is 5.69 Å². The topological polar surface area (TPSA) is 46.8 Å². The van der Waals surface area contributed by atoms with E-state index in [4.69, 9.17) is 4.74 Å². The Hall–Kier alpha value is -2.93. The molecule has 0 aliphatic carbocycles. The van der Waals surface area contributed by atoms with Crippen molar-refractivity contribution in [1.29, 1.82) is 0 Å². The molecule has 2 amide bonds. The van der Waals surface area contributed by atoms with Crippen molar-refractivity contribution in [3.8, 4) is 17.2 Å². The average Bonchev–Trinajstić information content (AvgIpc) is 3.29. The Bertz CT molecular complexity index is 1030. The lowest BCUT2D eigenvalue weighted by molar-refractivity contribution is 0.213. The molecule has 1 atom stereocenters. The summed E-state index contributed by atoms with van der Waals surface area (Å²) in [5.41, 5.74) is 0.876. The molecule has 1 fully saturated rings. The van der Waals surface area contributed by atoms with Crippen molar-refractivity contribution >= 4 is 17.4 Å². The molecule has 144 valence electrons. The molecule has 3 aromatic rings. The summed E-state index contributed by atoms with van der Waals surface area (Å²) in [6.07, 6.45) is 1.37. The normalized spacial score (nSPS) is 17.1. The van der Waals surface area contributed by atoms with E-state index in [1.54, 1.807) is 0 Å². The molecule has 1 aromatic heterocycles. The summed E-state index contributed by atoms with van der Waals surface area (Å²) in [4.78, 5) is 19.7. The monoisotopic (exact) mass is 397 g/mol. The fourth-order valence-corrected chi connectivity index (χ4v) is 3.89. The van der Waals surface area contributed by atoms with Crippen LogP contribution in [0, 0.1) is 6.92 Å². The molecule has 4 rings (SSSR count). The van der Waals surface area contributed by atoms with Gasteiger partial charge in [-0.25, -0.2) is 9.18 Å². The molecule has 0 spiro atoms. The summed E-state index contributed by atoms with van der Waals surface area (Å²) >= 11 is 1.43. The number of thiazole rings is 1. The highest BCUT2D eigenvalue weighted by molar-refractivity contribution is 7.09. The number of likely N-dealkylation sites (tertiary alicyclic amines) is 1. The third-order valence-corrected chi connectivity index (χ3v) is 5.35. The number of urea groups is 1. The van der Waals surface area contributed by atoms with Gasteiger partial charge in [-0.2, -0.15) is 4.99 Å². The van der Waals surface area contributed by atoms with Crippen LogP contribution in [0.2, 0.25) is 0 Å². The number of carbonyl (C=O) groups is 1. The molecular formula is C21H20FN3O2S. The maximum Gasteiger partial charge on any atom is 0.346 e. The van der Waals surface area contributed by atoms with Gasteiger partial charge in [-0.3, -0.25) is 4.57 Å². The van der Waals surface area contributed by atoms with Crippen molar-refractivity contribution in [2.24, 2.45) is 4.99 Å². The smallest absolute Gasteiger partial charge is 0.346 e. The number of alkyl halides is 1. The van der Waals surface area contributed by atoms with Crippen LogP contribution in [0.15, 0.2) is 65.8 Å². The van der Waals surface area contributed by atoms with E-state index in [-0.39, 0.29) is 12.6 Å². The lowest BCUT2D eigenvalue weighted by Crippen LogP contribution is -2.28. The molecule has 2 aromatic carbocycles. The van der Waals surface area contributed by atoms with Gasteiger partial charge in [0.15, 0.2) is 4.80 Å². The Kier molecular flexibility index (Phi) is 5.25. The van der Waals surface area contributed by atoms with Crippen LogP contribution in [-0.2, 0) is 0 Å². The van der Waals surface area contributed by atoms with Crippen molar-refractivity contribution in [1.82, 2.24) is 9.47 Å². The van der Waals surface area contributed by atoms with Gasteiger partial charge in [0.1, 0.15) is 17.7 Å². The van der Waals surface area contributed by atoms with Crippen molar-refractivity contribution in [2.45, 2.75) is 19.5 Å². The second-order valence-electron chi connectivity index (χ2n) is 6.63. The second kappa shape index (κ2) is 7.98. The van der Waals surface area contributed by atoms with E-state index in [0.717, 1.165) is 22.1 Å². The standard InChI is InChI=1S/C21H20FN3O2S/c1-15-13-25(21(28-15)23-20(26)24-12-11-16(22)14-24)17-7-9-19(10-8-17)27-18-5-3-2-4-6-18/h2-10,13,16H,11-12,14H2,1H3/b23-21-/t16-/m1/s1. The van der Waals surface area contributed by atoms with Crippen LogP contribution >= 0.6 is 11.3 Å². The quantitative estimate of drug-likeness (QED) is 0.643. The number of nitrogens with zero attached hydrogens (tertiary/aromatic N) is 3. The SMILES string of the molecule is Cc1cn(-c2ccc(Oc3ccccc3)cc2)/c(=N/C(=O)N2CC[C@@H](F)C2)s1. The molecule has 0 saturated carbocycles. The number of hydrogen-bond donors (Lipinski definition) is 0. The van der Waals surface area contributed by atoms with Crippen molar-refractivity contribution in [2.75, 3.05) is 13.1 Å². The zero-order valence-corrected chi connectivity index (χ0v) is 16.2. The summed E-state index contributed by atoms with van der Waals surface area (Å²) in [5.74, 6) is 1.50. The van der Waals surface area contributed by atoms with E-state index in [1.807, 2.05) is 72.3 Å². The first-order chi connectivity index (χ1) is 13.6. The number of aryl methyl sites for hydroxylation is 1. The largest absolute Gasteiger partial charge is 0.457 e. The highest BCUT2D eigenvalue weighted by Gasteiger charge is 2.25. The van der Waals surface area contributed by atoms with E-state index in [2.05, 4.69) is 4.99 Å². The first-order valence-electron chi connectivity index (χ1n) is 9.08. The molecule has 1 saturated heterocycles. The molecule has 28 heavy (non-hydrogen) atoms. The predicted octanol–water partition coefficient (Wildman–Crippen LogP) is 4.70. The minimum Gasteiger partial charge on any atom is -0.457 e. The first-order valence-corrected chi connectivity index (χ1v) is 9.90. The highest BCUT2D eigenvalue weighted by Crippen LogP contribution is 2.22. The van der Waals surface area contributed by atoms with E-state index in [0.29, 0.717) is 17.8 Å². The molecule has 2 heterocycles. The van der Waals surface area contributed by atoms with Crippen LogP contribution in [0.3, 0.4) is 0 Å². The zero-order valence-electron chi connectivity index (χ0n) is 15.4. The number of amides is 2. The van der Waals surface area contributed by atoms with Crippen molar-refractivity contribution < 1.29 is 13.9 Å². The van der Waals surface area contributed by atoms with E-state index >= 15 is 0 Å². The molecule has 7 heteroatoms. The highest BCUT2D eigenvalue weighted by atomic mass is 32.1. The molecular weight excluding hydrogens is 377 g/mol. The van der Waals surface area contributed by atoms with Crippen LogP contribution in [0.5, 0.6) is 11.5 Å². The Morgan fingerprint density at radius 1 is 1.14 bits per heavy atom. The average molecular weight is 397 g/mol. The first kappa shape index (κ1) is 18.4. The van der Waals surface area contributed by atoms with Gasteiger partial charge < -0.3 is 9.64 Å². The molecule has 1 aliphatic rings. The van der Waals surface area contributed by atoms with Gasteiger partial charge in [-0.05, 0) is 49.7 Å². The lowest BCUT2D eigenvalue weighted by Gasteiger charge is -2.11. The number of halogens is 1. The minimum atomic E-state index is -0.950. The number of rotatable bonds is 3. The van der Waals surface area contributed by atoms with E-state index in [9.17, 15) is 9.18 Å². The summed E-state index contributed by atoms with van der Waals surface area (Å²) < 4.78 is 21.1. The van der Waals surface area contributed by atoms with Gasteiger partial charge in [-0.1, -0.05) is 18.2 Å². The number of hydrogen-bond acceptors (Lipinski definition) is 3. The maximum absolute atomic E-state index is 13.4. The zero-order chi connectivity index (χ0) is 19.5. The van der Waals surface area contributed by atoms with Gasteiger partial charge in [0.25, 0.3) is 0 Å². The lowest BCUT2D eigenvalue weighted by atomic mass is 10.3. The molecule has 1 aliphatic heterocycles. The molecule has 0 unspecified atom stereocenters. The van der Waals surface area contributed by atoms with Crippen LogP contribution in [0.4, 0.5) is 9.18 Å². The molecule has 0 N–H and O–H groups in total. The number of para-hydroxylation sites is 1. The molecule has 0 radical (unpaired) electrons. The number of aromatic nitrogens is 1. The van der Waals surface area contributed by atoms with Gasteiger partial charge in [0, 0.05) is 23.3 Å². The third kappa shape index (κ3) is 4.14. The fourth-order valence-electron chi connectivity index (χ4n) is 3.06. The number of carbonyl (C=O) groups excluding carboxylic acids is 1. The summed E-state index contributed by atoms with van der Waals surface area (Å²) in [7, 11) is 0. The van der Waals surface area contributed by atoms with E-state index < -0.39 is 6.17 Å². The predicted molar refractivity (Wildman–Crippen MR) is 107 cm³/mol. The molecule has 5 nitrogen and oxygen atoms in total. The maximum atomic E-state index is 13.4. The van der Waals surface area contributed by atoms with Gasteiger partial charge in [-0.15, -0.1) is 11.3 Å². The molecule has 0 bridgehead atoms. The van der Waals surface area contributed by atoms with Crippen molar-refractivity contribution in [3.05, 3.63) is 70.5 Å². The Balaban J connectivity index is 1.58. The Labute approximate surface area is 166 Å². The Morgan fingerprint density at radius 2 is 1.86 bits per heavy atom. The van der Waals surface area contributed by atoms with Crippen LogP contribution < -0.4 is 9.54 Å². The van der Waals surface area contributed by atoms with E-state index in [1.165, 1.54) is 16.2 Å². The fraction of sp³-hybridized carbons (Fsp3) is 0.238. The van der Waals surface area contributed by atoms with Gasteiger partial charge in [0.2, 0.25) is 0 Å². The Morgan fingerprint density at radius 3 is 2.54 bits per heavy atom. The number of benzene rings is 2. The summed E-state index contributed by atoms with van der Waals surface area (Å²) in [6, 6.07) is 16.8. The van der Waals surface area contributed by atoms with Gasteiger partial charge >= 0.3 is 6.03 Å². The van der Waals surface area contributed by atoms with Crippen molar-refractivity contribution in [3.63, 3.8) is 0 Å². The third-order valence-electron chi connectivity index (χ3n) is 4.46. The second-order valence-corrected chi connectivity index (χ2v) is 7.84. The van der Waals surface area contributed by atoms with Gasteiger partial charge in [0.05, 0.1) is 6.54 Å².